The molecule has 0 radical (unpaired) electrons. The van der Waals surface area contributed by atoms with Crippen LogP contribution in [0.4, 0.5) is 8.78 Å². The molecule has 2 rings (SSSR count). The summed E-state index contributed by atoms with van der Waals surface area (Å²) in [7, 11) is 0. The second-order valence-electron chi connectivity index (χ2n) is 3.64. The van der Waals surface area contributed by atoms with Crippen molar-refractivity contribution in [3.05, 3.63) is 34.5 Å². The summed E-state index contributed by atoms with van der Waals surface area (Å²) in [6.45, 7) is 1.74. The Hall–Kier alpha value is -2.15. The summed E-state index contributed by atoms with van der Waals surface area (Å²) in [5.41, 5.74) is -0.864. The largest absolute Gasteiger partial charge is 0.476 e. The average molecular weight is 304 g/mol. The van der Waals surface area contributed by atoms with E-state index in [2.05, 4.69) is 4.98 Å². The zero-order chi connectivity index (χ0) is 14.9. The fourth-order valence-electron chi connectivity index (χ4n) is 1.47. The number of ether oxygens (including phenoxy) is 1. The lowest BCUT2D eigenvalue weighted by molar-refractivity contribution is 0.0683. The third-order valence-electron chi connectivity index (χ3n) is 2.31. The summed E-state index contributed by atoms with van der Waals surface area (Å²) in [5.74, 6) is -3.95. The Labute approximate surface area is 116 Å². The van der Waals surface area contributed by atoms with Gasteiger partial charge in [-0.3, -0.25) is 0 Å². The van der Waals surface area contributed by atoms with E-state index >= 15 is 0 Å². The van der Waals surface area contributed by atoms with E-state index in [1.54, 1.807) is 6.92 Å². The van der Waals surface area contributed by atoms with Crippen LogP contribution in [0.3, 0.4) is 0 Å². The maximum absolute atomic E-state index is 13.7. The molecule has 0 aliphatic rings. The fraction of sp³-hybridized carbons (Fsp3) is 0.167. The molecule has 1 aromatic carbocycles. The molecule has 106 valence electrons. The van der Waals surface area contributed by atoms with Crippen LogP contribution >= 0.6 is 11.6 Å². The normalized spacial score (nSPS) is 10.6. The Morgan fingerprint density at radius 3 is 2.75 bits per heavy atom. The number of aromatic carboxylic acids is 1. The molecule has 20 heavy (non-hydrogen) atoms. The van der Waals surface area contributed by atoms with Crippen molar-refractivity contribution >= 4 is 17.6 Å². The Morgan fingerprint density at radius 2 is 2.15 bits per heavy atom. The quantitative estimate of drug-likeness (QED) is 0.877. The van der Waals surface area contributed by atoms with Crippen LogP contribution in [0, 0.1) is 11.6 Å². The molecule has 0 fully saturated rings. The third kappa shape index (κ3) is 2.57. The molecule has 1 heterocycles. The number of halogens is 3. The molecule has 0 saturated heterocycles. The van der Waals surface area contributed by atoms with Gasteiger partial charge in [0.05, 0.1) is 17.2 Å². The summed E-state index contributed by atoms with van der Waals surface area (Å²) >= 11 is 5.43. The van der Waals surface area contributed by atoms with Crippen LogP contribution in [0.15, 0.2) is 16.5 Å². The van der Waals surface area contributed by atoms with Gasteiger partial charge in [-0.15, -0.1) is 0 Å². The summed E-state index contributed by atoms with van der Waals surface area (Å²) in [5, 5.41) is 8.53. The first-order valence-electron chi connectivity index (χ1n) is 5.45. The van der Waals surface area contributed by atoms with Crippen LogP contribution in [-0.2, 0) is 0 Å². The number of benzene rings is 1. The van der Waals surface area contributed by atoms with Crippen LogP contribution in [-0.4, -0.2) is 22.7 Å². The van der Waals surface area contributed by atoms with Crippen molar-refractivity contribution in [3.63, 3.8) is 0 Å². The molecule has 2 aromatic rings. The van der Waals surface area contributed by atoms with Crippen molar-refractivity contribution in [1.29, 1.82) is 0 Å². The monoisotopic (exact) mass is 303 g/mol. The number of carbonyl (C=O) groups is 1. The van der Waals surface area contributed by atoms with Gasteiger partial charge in [-0.25, -0.2) is 13.6 Å². The average Bonchev–Trinajstić information content (AvgIpc) is 2.78. The maximum Gasteiger partial charge on any atom is 0.362 e. The zero-order valence-corrected chi connectivity index (χ0v) is 10.9. The number of rotatable bonds is 4. The standard InChI is InChI=1S/C12H8ClF2NO4/c1-2-19-12-9(11(17)18)16-10(20-12)5-3-8(15)6(13)4-7(5)14/h3-4H,2H2,1H3,(H,17,18). The Bertz CT molecular complexity index is 672. The molecule has 0 saturated carbocycles. The van der Waals surface area contributed by atoms with Crippen LogP contribution in [0.25, 0.3) is 11.5 Å². The van der Waals surface area contributed by atoms with Crippen molar-refractivity contribution < 1.29 is 27.8 Å². The molecule has 1 N–H and O–H groups in total. The minimum absolute atomic E-state index is 0.131. The second-order valence-corrected chi connectivity index (χ2v) is 4.05. The first kappa shape index (κ1) is 14.3. The van der Waals surface area contributed by atoms with Crippen molar-refractivity contribution in [1.82, 2.24) is 4.98 Å². The van der Waals surface area contributed by atoms with Crippen LogP contribution < -0.4 is 4.74 Å². The summed E-state index contributed by atoms with van der Waals surface area (Å²) < 4.78 is 37.0. The van der Waals surface area contributed by atoms with Gasteiger partial charge in [0.15, 0.2) is 0 Å². The number of hydrogen-bond donors (Lipinski definition) is 1. The highest BCUT2D eigenvalue weighted by atomic mass is 35.5. The van der Waals surface area contributed by atoms with E-state index in [0.717, 1.165) is 12.1 Å². The first-order valence-corrected chi connectivity index (χ1v) is 5.83. The van der Waals surface area contributed by atoms with Gasteiger partial charge in [0.2, 0.25) is 11.6 Å². The van der Waals surface area contributed by atoms with Gasteiger partial charge in [-0.05, 0) is 19.1 Å². The van der Waals surface area contributed by atoms with Crippen LogP contribution in [0.1, 0.15) is 17.4 Å². The van der Waals surface area contributed by atoms with Gasteiger partial charge in [-0.1, -0.05) is 11.6 Å². The number of aromatic nitrogens is 1. The molecular formula is C12H8ClF2NO4. The minimum atomic E-state index is -1.40. The number of carboxylic acid groups (broad SMARTS) is 1. The van der Waals surface area contributed by atoms with E-state index in [9.17, 15) is 13.6 Å². The smallest absolute Gasteiger partial charge is 0.362 e. The van der Waals surface area contributed by atoms with E-state index in [0.29, 0.717) is 0 Å². The van der Waals surface area contributed by atoms with E-state index in [4.69, 9.17) is 25.9 Å². The van der Waals surface area contributed by atoms with Gasteiger partial charge in [-0.2, -0.15) is 4.98 Å². The highest BCUT2D eigenvalue weighted by Gasteiger charge is 2.24. The molecule has 5 nitrogen and oxygen atoms in total. The lowest BCUT2D eigenvalue weighted by atomic mass is 10.2. The SMILES string of the molecule is CCOc1oc(-c2cc(F)c(Cl)cc2F)nc1C(=O)O. The Kier molecular flexibility index (Phi) is 3.89. The van der Waals surface area contributed by atoms with E-state index in [1.807, 2.05) is 0 Å². The van der Waals surface area contributed by atoms with Crippen molar-refractivity contribution in [2.45, 2.75) is 6.92 Å². The number of hydrogen-bond acceptors (Lipinski definition) is 4. The van der Waals surface area contributed by atoms with E-state index in [-0.39, 0.29) is 18.1 Å². The third-order valence-corrected chi connectivity index (χ3v) is 2.60. The van der Waals surface area contributed by atoms with Crippen molar-refractivity contribution in [2.24, 2.45) is 0 Å². The molecule has 0 aliphatic heterocycles. The fourth-order valence-corrected chi connectivity index (χ4v) is 1.62. The summed E-state index contributed by atoms with van der Waals surface area (Å²) in [6, 6.07) is 1.52. The first-order chi connectivity index (χ1) is 9.43. The zero-order valence-electron chi connectivity index (χ0n) is 10.1. The molecule has 0 aliphatic carbocycles. The van der Waals surface area contributed by atoms with Gasteiger partial charge < -0.3 is 14.3 Å². The van der Waals surface area contributed by atoms with E-state index in [1.165, 1.54) is 0 Å². The maximum atomic E-state index is 13.7. The highest BCUT2D eigenvalue weighted by Crippen LogP contribution is 2.31. The highest BCUT2D eigenvalue weighted by molar-refractivity contribution is 6.30. The van der Waals surface area contributed by atoms with Gasteiger partial charge in [0.1, 0.15) is 11.6 Å². The molecular weight excluding hydrogens is 296 g/mol. The minimum Gasteiger partial charge on any atom is -0.476 e. The molecule has 8 heteroatoms. The molecule has 0 bridgehead atoms. The predicted molar refractivity (Wildman–Crippen MR) is 65.0 cm³/mol. The molecule has 0 amide bonds. The van der Waals surface area contributed by atoms with Crippen LogP contribution in [0.2, 0.25) is 5.02 Å². The lowest BCUT2D eigenvalue weighted by Crippen LogP contribution is -2.01. The van der Waals surface area contributed by atoms with Gasteiger partial charge in [0, 0.05) is 0 Å². The van der Waals surface area contributed by atoms with Crippen molar-refractivity contribution in [2.75, 3.05) is 6.61 Å². The predicted octanol–water partition coefficient (Wildman–Crippen LogP) is 3.37. The van der Waals surface area contributed by atoms with Crippen molar-refractivity contribution in [3.8, 4) is 17.4 Å². The second kappa shape index (κ2) is 5.46. The summed E-state index contributed by atoms with van der Waals surface area (Å²) in [4.78, 5) is 14.5. The molecule has 1 aromatic heterocycles. The molecule has 0 spiro atoms. The Balaban J connectivity index is 2.56. The molecule has 0 atom stereocenters. The van der Waals surface area contributed by atoms with Gasteiger partial charge >= 0.3 is 11.9 Å². The molecule has 0 unspecified atom stereocenters. The van der Waals surface area contributed by atoms with E-state index < -0.39 is 34.2 Å². The lowest BCUT2D eigenvalue weighted by Gasteiger charge is -2.00. The number of oxazole rings is 1. The number of carboxylic acids is 1. The van der Waals surface area contributed by atoms with Crippen LogP contribution in [0.5, 0.6) is 5.95 Å². The van der Waals surface area contributed by atoms with Gasteiger partial charge in [0.25, 0.3) is 0 Å². The number of nitrogens with zero attached hydrogens (tertiary/aromatic N) is 1. The topological polar surface area (TPSA) is 72.6 Å². The Morgan fingerprint density at radius 1 is 1.45 bits per heavy atom. The summed E-state index contributed by atoms with van der Waals surface area (Å²) in [6.07, 6.45) is 0.